The Labute approximate surface area is 169 Å². The van der Waals surface area contributed by atoms with E-state index in [1.165, 1.54) is 12.3 Å². The number of sulfonamides is 1. The van der Waals surface area contributed by atoms with Crippen molar-refractivity contribution in [1.82, 2.24) is 9.29 Å². The molecule has 9 heteroatoms. The lowest BCUT2D eigenvalue weighted by Gasteiger charge is -2.29. The van der Waals surface area contributed by atoms with E-state index in [4.69, 9.17) is 0 Å². The number of fused-ring (bicyclic) bond motifs is 1. The monoisotopic (exact) mass is 432 g/mol. The van der Waals surface area contributed by atoms with Crippen LogP contribution in [-0.2, 0) is 26.4 Å². The van der Waals surface area contributed by atoms with Gasteiger partial charge in [-0.2, -0.15) is 4.31 Å². The number of para-hydroxylation sites is 1. The summed E-state index contributed by atoms with van der Waals surface area (Å²) < 4.78 is 52.6. The number of aliphatic hydroxyl groups is 1. The van der Waals surface area contributed by atoms with E-state index in [1.54, 1.807) is 48.5 Å². The molecule has 152 valence electrons. The first kappa shape index (κ1) is 20.0. The minimum absolute atomic E-state index is 0.0111. The maximum absolute atomic E-state index is 13.7. The maximum atomic E-state index is 13.7. The second-order valence-electron chi connectivity index (χ2n) is 7.08. The number of hydrogen-bond acceptors (Lipinski definition) is 6. The van der Waals surface area contributed by atoms with E-state index in [1.807, 2.05) is 6.07 Å². The molecule has 1 fully saturated rings. The molecule has 0 radical (unpaired) electrons. The quantitative estimate of drug-likeness (QED) is 0.656. The highest BCUT2D eigenvalue weighted by molar-refractivity contribution is 7.92. The average molecular weight is 433 g/mol. The van der Waals surface area contributed by atoms with Crippen LogP contribution in [-0.4, -0.2) is 54.9 Å². The van der Waals surface area contributed by atoms with Crippen LogP contribution in [0.4, 0.5) is 0 Å². The van der Waals surface area contributed by atoms with Crippen molar-refractivity contribution in [3.8, 4) is 0 Å². The van der Waals surface area contributed by atoms with Gasteiger partial charge in [0.05, 0.1) is 29.2 Å². The first-order valence-electron chi connectivity index (χ1n) is 9.06. The van der Waals surface area contributed by atoms with Crippen molar-refractivity contribution in [3.05, 3.63) is 72.4 Å². The first-order chi connectivity index (χ1) is 13.8. The Morgan fingerprint density at radius 3 is 2.41 bits per heavy atom. The average Bonchev–Trinajstić information content (AvgIpc) is 2.98. The topological polar surface area (TPSA) is 105 Å². The van der Waals surface area contributed by atoms with Crippen LogP contribution in [0, 0.1) is 0 Å². The predicted molar refractivity (Wildman–Crippen MR) is 109 cm³/mol. The normalized spacial score (nSPS) is 21.6. The molecule has 1 saturated heterocycles. The van der Waals surface area contributed by atoms with Crippen molar-refractivity contribution in [2.24, 2.45) is 0 Å². The molecule has 1 aliphatic heterocycles. The van der Waals surface area contributed by atoms with Crippen LogP contribution in [0.2, 0.25) is 0 Å². The summed E-state index contributed by atoms with van der Waals surface area (Å²) in [6.45, 7) is -0.0519. The molecular formula is C20H20N2O5S2. The molecule has 2 atom stereocenters. The lowest BCUT2D eigenvalue weighted by atomic mass is 10.2. The summed E-state index contributed by atoms with van der Waals surface area (Å²) in [5.74, 6) is -0.870. The highest BCUT2D eigenvalue weighted by Crippen LogP contribution is 2.30. The number of aromatic nitrogens is 1. The third-order valence-electron chi connectivity index (χ3n) is 5.03. The second-order valence-corrected chi connectivity index (χ2v) is 11.1. The van der Waals surface area contributed by atoms with Gasteiger partial charge < -0.3 is 5.11 Å². The molecule has 0 bridgehead atoms. The van der Waals surface area contributed by atoms with Crippen LogP contribution in [0.15, 0.2) is 71.8 Å². The molecule has 0 amide bonds. The van der Waals surface area contributed by atoms with Gasteiger partial charge in [-0.3, -0.25) is 4.98 Å². The Hall–Kier alpha value is -2.33. The fourth-order valence-electron chi connectivity index (χ4n) is 3.64. The highest BCUT2D eigenvalue weighted by atomic mass is 32.2. The summed E-state index contributed by atoms with van der Waals surface area (Å²) in [6, 6.07) is 16.2. The van der Waals surface area contributed by atoms with Gasteiger partial charge >= 0.3 is 0 Å². The molecule has 2 heterocycles. The smallest absolute Gasteiger partial charge is 0.245 e. The Kier molecular flexibility index (Phi) is 5.16. The molecule has 0 aliphatic carbocycles. The number of aliphatic hydroxyl groups excluding tert-OH is 1. The molecule has 0 spiro atoms. The van der Waals surface area contributed by atoms with Crippen LogP contribution < -0.4 is 0 Å². The fourth-order valence-corrected chi connectivity index (χ4v) is 7.34. The van der Waals surface area contributed by atoms with Gasteiger partial charge in [-0.05, 0) is 17.7 Å². The van der Waals surface area contributed by atoms with E-state index in [9.17, 15) is 21.9 Å². The van der Waals surface area contributed by atoms with E-state index in [-0.39, 0.29) is 11.4 Å². The molecule has 4 rings (SSSR count). The van der Waals surface area contributed by atoms with Crippen LogP contribution in [0.5, 0.6) is 0 Å². The molecule has 1 aliphatic rings. The number of pyridine rings is 1. The van der Waals surface area contributed by atoms with Crippen LogP contribution in [0.3, 0.4) is 0 Å². The van der Waals surface area contributed by atoms with Crippen molar-refractivity contribution in [2.75, 3.05) is 11.5 Å². The highest BCUT2D eigenvalue weighted by Gasteiger charge is 2.45. The zero-order valence-corrected chi connectivity index (χ0v) is 17.1. The van der Waals surface area contributed by atoms with E-state index in [0.29, 0.717) is 16.5 Å². The molecule has 0 unspecified atom stereocenters. The summed E-state index contributed by atoms with van der Waals surface area (Å²) in [4.78, 5) is 4.21. The number of hydrogen-bond donors (Lipinski definition) is 1. The van der Waals surface area contributed by atoms with Gasteiger partial charge in [-0.15, -0.1) is 0 Å². The second kappa shape index (κ2) is 7.49. The standard InChI is InChI=1S/C20H20N2O5S2/c23-18-14-28(24,25)13-17(18)22(12-15-6-2-1-3-7-15)29(26,27)19-10-4-8-16-9-5-11-21-20(16)19/h1-11,17-18,23H,12-14H2/t17-,18-/m0/s1. The summed E-state index contributed by atoms with van der Waals surface area (Å²) >= 11 is 0. The number of nitrogens with zero attached hydrogens (tertiary/aromatic N) is 2. The predicted octanol–water partition coefficient (Wildman–Crippen LogP) is 1.58. The fraction of sp³-hybridized carbons (Fsp3) is 0.250. The Balaban J connectivity index is 1.85. The molecule has 29 heavy (non-hydrogen) atoms. The number of sulfone groups is 1. The van der Waals surface area contributed by atoms with Gasteiger partial charge in [0.25, 0.3) is 0 Å². The molecule has 3 aromatic rings. The molecule has 2 aromatic carbocycles. The summed E-state index contributed by atoms with van der Waals surface area (Å²) in [5, 5.41) is 11.1. The molecule has 1 N–H and O–H groups in total. The van der Waals surface area contributed by atoms with Gasteiger partial charge in [0.15, 0.2) is 9.84 Å². The lowest BCUT2D eigenvalue weighted by molar-refractivity contribution is 0.125. The van der Waals surface area contributed by atoms with E-state index in [0.717, 1.165) is 4.31 Å². The SMILES string of the molecule is O=S1(=O)C[C@H](O)[C@@H](N(Cc2ccccc2)S(=O)(=O)c2cccc3cccnc23)C1. The van der Waals surface area contributed by atoms with Crippen LogP contribution >= 0.6 is 0 Å². The third kappa shape index (κ3) is 3.91. The lowest BCUT2D eigenvalue weighted by Crippen LogP contribution is -2.46. The maximum Gasteiger partial charge on any atom is 0.245 e. The number of rotatable bonds is 5. The van der Waals surface area contributed by atoms with E-state index < -0.39 is 43.5 Å². The van der Waals surface area contributed by atoms with Crippen LogP contribution in [0.25, 0.3) is 10.9 Å². The van der Waals surface area contributed by atoms with Gasteiger partial charge in [0, 0.05) is 18.1 Å². The van der Waals surface area contributed by atoms with Gasteiger partial charge in [0.2, 0.25) is 10.0 Å². The van der Waals surface area contributed by atoms with Crippen molar-refractivity contribution >= 4 is 30.8 Å². The van der Waals surface area contributed by atoms with Crippen molar-refractivity contribution < 1.29 is 21.9 Å². The van der Waals surface area contributed by atoms with Gasteiger partial charge in [0.1, 0.15) is 4.90 Å². The Morgan fingerprint density at radius 2 is 1.72 bits per heavy atom. The Bertz CT molecular complexity index is 1240. The molecule has 0 saturated carbocycles. The van der Waals surface area contributed by atoms with E-state index >= 15 is 0 Å². The number of benzene rings is 2. The first-order valence-corrected chi connectivity index (χ1v) is 12.3. The zero-order chi connectivity index (χ0) is 20.6. The van der Waals surface area contributed by atoms with Gasteiger partial charge in [-0.25, -0.2) is 16.8 Å². The van der Waals surface area contributed by atoms with E-state index in [2.05, 4.69) is 4.98 Å². The summed E-state index contributed by atoms with van der Waals surface area (Å²) in [7, 11) is -7.68. The zero-order valence-electron chi connectivity index (χ0n) is 15.4. The summed E-state index contributed by atoms with van der Waals surface area (Å²) in [6.07, 6.45) is 0.221. The molecular weight excluding hydrogens is 412 g/mol. The van der Waals surface area contributed by atoms with Crippen molar-refractivity contribution in [1.29, 1.82) is 0 Å². The van der Waals surface area contributed by atoms with Crippen molar-refractivity contribution in [3.63, 3.8) is 0 Å². The van der Waals surface area contributed by atoms with Crippen LogP contribution in [0.1, 0.15) is 5.56 Å². The Morgan fingerprint density at radius 1 is 1.00 bits per heavy atom. The minimum atomic E-state index is -4.15. The summed E-state index contributed by atoms with van der Waals surface area (Å²) in [5.41, 5.74) is 1.00. The molecule has 1 aromatic heterocycles. The minimum Gasteiger partial charge on any atom is -0.390 e. The largest absolute Gasteiger partial charge is 0.390 e. The third-order valence-corrected chi connectivity index (χ3v) is 8.63. The molecule has 7 nitrogen and oxygen atoms in total. The van der Waals surface area contributed by atoms with Gasteiger partial charge in [-0.1, -0.05) is 48.5 Å². The van der Waals surface area contributed by atoms with Crippen molar-refractivity contribution in [2.45, 2.75) is 23.6 Å².